The van der Waals surface area contributed by atoms with Crippen molar-refractivity contribution in [3.05, 3.63) is 59.9 Å². The number of hydrogen-bond acceptors (Lipinski definition) is 5. The lowest BCUT2D eigenvalue weighted by molar-refractivity contribution is -0.146. The Morgan fingerprint density at radius 2 is 1.93 bits per heavy atom. The highest BCUT2D eigenvalue weighted by Gasteiger charge is 2.23. The number of amides is 1. The summed E-state index contributed by atoms with van der Waals surface area (Å²) in [7, 11) is -4.06. The van der Waals surface area contributed by atoms with Gasteiger partial charge in [0.2, 0.25) is 10.0 Å². The van der Waals surface area contributed by atoms with E-state index in [1.165, 1.54) is 12.1 Å². The molecule has 0 aromatic heterocycles. The summed E-state index contributed by atoms with van der Waals surface area (Å²) in [5, 5.41) is 0. The van der Waals surface area contributed by atoms with E-state index in [4.69, 9.17) is 4.74 Å². The number of para-hydroxylation sites is 1. The second kappa shape index (κ2) is 8.49. The maximum absolute atomic E-state index is 13.2. The van der Waals surface area contributed by atoms with Crippen LogP contribution in [0.15, 0.2) is 53.4 Å². The third kappa shape index (κ3) is 4.73. The predicted octanol–water partition coefficient (Wildman–Crippen LogP) is 1.63. The van der Waals surface area contributed by atoms with E-state index in [0.717, 1.165) is 36.2 Å². The zero-order valence-corrected chi connectivity index (χ0v) is 15.7. The Morgan fingerprint density at radius 3 is 2.71 bits per heavy atom. The summed E-state index contributed by atoms with van der Waals surface area (Å²) in [6.45, 7) is -0.628. The molecule has 7 nitrogen and oxygen atoms in total. The van der Waals surface area contributed by atoms with Gasteiger partial charge in [-0.15, -0.1) is 0 Å². The van der Waals surface area contributed by atoms with Gasteiger partial charge in [-0.05, 0) is 42.7 Å². The number of nitrogens with one attached hydrogen (secondary N) is 1. The number of halogens is 1. The molecule has 1 amide bonds. The smallest absolute Gasteiger partial charge is 0.321 e. The molecule has 1 aliphatic rings. The molecule has 0 bridgehead atoms. The zero-order chi connectivity index (χ0) is 20.1. The highest BCUT2D eigenvalue weighted by atomic mass is 32.2. The summed E-state index contributed by atoms with van der Waals surface area (Å²) in [4.78, 5) is 25.5. The predicted molar refractivity (Wildman–Crippen MR) is 99.7 cm³/mol. The van der Waals surface area contributed by atoms with Crippen LogP contribution < -0.4 is 9.62 Å². The van der Waals surface area contributed by atoms with E-state index in [-0.39, 0.29) is 10.8 Å². The van der Waals surface area contributed by atoms with Gasteiger partial charge in [-0.1, -0.05) is 24.3 Å². The summed E-state index contributed by atoms with van der Waals surface area (Å²) >= 11 is 0. The number of rotatable bonds is 6. The van der Waals surface area contributed by atoms with Crippen molar-refractivity contribution >= 4 is 27.6 Å². The van der Waals surface area contributed by atoms with Crippen LogP contribution in [0, 0.1) is 5.82 Å². The monoisotopic (exact) mass is 406 g/mol. The average molecular weight is 406 g/mol. The van der Waals surface area contributed by atoms with Gasteiger partial charge in [0, 0.05) is 12.2 Å². The zero-order valence-electron chi connectivity index (χ0n) is 14.9. The van der Waals surface area contributed by atoms with E-state index in [1.54, 1.807) is 4.90 Å². The van der Waals surface area contributed by atoms with E-state index < -0.39 is 35.0 Å². The number of benzene rings is 2. The normalized spacial score (nSPS) is 13.7. The van der Waals surface area contributed by atoms with Crippen molar-refractivity contribution in [2.24, 2.45) is 0 Å². The summed E-state index contributed by atoms with van der Waals surface area (Å²) in [6, 6.07) is 11.9. The van der Waals surface area contributed by atoms with Crippen LogP contribution in [0.1, 0.15) is 12.0 Å². The molecule has 148 valence electrons. The van der Waals surface area contributed by atoms with Crippen LogP contribution in [-0.4, -0.2) is 40.0 Å². The van der Waals surface area contributed by atoms with E-state index in [2.05, 4.69) is 0 Å². The molecule has 0 spiro atoms. The molecule has 0 radical (unpaired) electrons. The van der Waals surface area contributed by atoms with Crippen LogP contribution in [-0.2, 0) is 30.8 Å². The average Bonchev–Trinajstić information content (AvgIpc) is 2.70. The van der Waals surface area contributed by atoms with Gasteiger partial charge in [-0.25, -0.2) is 12.8 Å². The molecule has 1 aliphatic heterocycles. The first-order valence-corrected chi connectivity index (χ1v) is 10.1. The second-order valence-corrected chi connectivity index (χ2v) is 7.99. The number of nitrogens with zero attached hydrogens (tertiary/aromatic N) is 1. The van der Waals surface area contributed by atoms with E-state index in [0.29, 0.717) is 6.54 Å². The number of hydrogen-bond donors (Lipinski definition) is 1. The van der Waals surface area contributed by atoms with Gasteiger partial charge in [-0.2, -0.15) is 4.72 Å². The van der Waals surface area contributed by atoms with Crippen LogP contribution in [0.2, 0.25) is 0 Å². The molecule has 1 N–H and O–H groups in total. The van der Waals surface area contributed by atoms with Gasteiger partial charge in [0.05, 0.1) is 4.90 Å². The molecule has 0 unspecified atom stereocenters. The highest BCUT2D eigenvalue weighted by molar-refractivity contribution is 7.89. The first-order chi connectivity index (χ1) is 13.4. The van der Waals surface area contributed by atoms with Gasteiger partial charge in [0.15, 0.2) is 6.61 Å². The van der Waals surface area contributed by atoms with Crippen molar-refractivity contribution in [3.63, 3.8) is 0 Å². The standard InChI is InChI=1S/C19H19FN2O5S/c20-15-7-3-8-16(11-15)28(25,26)21-12-19(24)27-13-18(23)22-10-4-6-14-5-1-2-9-17(14)22/h1-3,5,7-9,11,21H,4,6,10,12-13H2. The van der Waals surface area contributed by atoms with Crippen molar-refractivity contribution in [1.82, 2.24) is 4.72 Å². The Kier molecular flexibility index (Phi) is 6.05. The summed E-state index contributed by atoms with van der Waals surface area (Å²) in [5.41, 5.74) is 1.85. The number of anilines is 1. The first kappa shape index (κ1) is 20.0. The van der Waals surface area contributed by atoms with Crippen LogP contribution in [0.3, 0.4) is 0 Å². The van der Waals surface area contributed by atoms with Gasteiger partial charge < -0.3 is 9.64 Å². The molecule has 1 heterocycles. The molecular weight excluding hydrogens is 387 g/mol. The van der Waals surface area contributed by atoms with Gasteiger partial charge in [0.1, 0.15) is 12.4 Å². The highest BCUT2D eigenvalue weighted by Crippen LogP contribution is 2.26. The molecule has 0 aliphatic carbocycles. The number of aryl methyl sites for hydroxylation is 1. The van der Waals surface area contributed by atoms with Gasteiger partial charge in [0.25, 0.3) is 5.91 Å². The summed E-state index contributed by atoms with van der Waals surface area (Å²) < 4.78 is 44.2. The van der Waals surface area contributed by atoms with Crippen LogP contribution >= 0.6 is 0 Å². The summed E-state index contributed by atoms with van der Waals surface area (Å²) in [5.74, 6) is -2.00. The molecule has 2 aromatic carbocycles. The number of fused-ring (bicyclic) bond motifs is 1. The van der Waals surface area contributed by atoms with Crippen molar-refractivity contribution in [2.75, 3.05) is 24.6 Å². The fraction of sp³-hybridized carbons (Fsp3) is 0.263. The molecule has 9 heteroatoms. The maximum Gasteiger partial charge on any atom is 0.321 e. The molecule has 2 aromatic rings. The number of carbonyl (C=O) groups is 2. The molecular formula is C19H19FN2O5S. The third-order valence-corrected chi connectivity index (χ3v) is 5.68. The fourth-order valence-electron chi connectivity index (χ4n) is 2.94. The number of ether oxygens (including phenoxy) is 1. The summed E-state index contributed by atoms with van der Waals surface area (Å²) in [6.07, 6.45) is 1.69. The molecule has 0 fully saturated rings. The Morgan fingerprint density at radius 1 is 1.14 bits per heavy atom. The Hall–Kier alpha value is -2.78. The van der Waals surface area contributed by atoms with Crippen LogP contribution in [0.5, 0.6) is 0 Å². The van der Waals surface area contributed by atoms with Crippen molar-refractivity contribution < 1.29 is 27.1 Å². The minimum atomic E-state index is -4.06. The lowest BCUT2D eigenvalue weighted by Crippen LogP contribution is -2.39. The minimum Gasteiger partial charge on any atom is -0.455 e. The second-order valence-electron chi connectivity index (χ2n) is 6.22. The van der Waals surface area contributed by atoms with Crippen molar-refractivity contribution in [1.29, 1.82) is 0 Å². The lowest BCUT2D eigenvalue weighted by atomic mass is 10.0. The quantitative estimate of drug-likeness (QED) is 0.736. The van der Waals surface area contributed by atoms with Crippen LogP contribution in [0.4, 0.5) is 10.1 Å². The third-order valence-electron chi connectivity index (χ3n) is 4.28. The number of esters is 1. The Balaban J connectivity index is 1.53. The molecule has 0 atom stereocenters. The minimum absolute atomic E-state index is 0.304. The van der Waals surface area contributed by atoms with Crippen molar-refractivity contribution in [3.8, 4) is 0 Å². The molecule has 0 saturated carbocycles. The molecule has 0 saturated heterocycles. The molecule has 3 rings (SSSR count). The SMILES string of the molecule is O=C(CNS(=O)(=O)c1cccc(F)c1)OCC(=O)N1CCCc2ccccc21. The van der Waals surface area contributed by atoms with E-state index in [9.17, 15) is 22.4 Å². The lowest BCUT2D eigenvalue weighted by Gasteiger charge is -2.29. The topological polar surface area (TPSA) is 92.8 Å². The maximum atomic E-state index is 13.2. The van der Waals surface area contributed by atoms with E-state index >= 15 is 0 Å². The van der Waals surface area contributed by atoms with Gasteiger partial charge in [-0.3, -0.25) is 9.59 Å². The Bertz CT molecular complexity index is 993. The first-order valence-electron chi connectivity index (χ1n) is 8.66. The van der Waals surface area contributed by atoms with Gasteiger partial charge >= 0.3 is 5.97 Å². The Labute approximate surface area is 162 Å². The number of carbonyl (C=O) groups excluding carboxylic acids is 2. The van der Waals surface area contributed by atoms with Crippen molar-refractivity contribution in [2.45, 2.75) is 17.7 Å². The largest absolute Gasteiger partial charge is 0.455 e. The number of sulfonamides is 1. The molecule has 28 heavy (non-hydrogen) atoms. The fourth-order valence-corrected chi connectivity index (χ4v) is 3.94. The van der Waals surface area contributed by atoms with E-state index in [1.807, 2.05) is 29.0 Å². The van der Waals surface area contributed by atoms with Crippen LogP contribution in [0.25, 0.3) is 0 Å².